The van der Waals surface area contributed by atoms with Gasteiger partial charge in [0.05, 0.1) is 27.9 Å². The highest BCUT2D eigenvalue weighted by Gasteiger charge is 2.32. The number of carbonyl (C=O) groups excluding carboxylic acids is 1. The molecule has 0 saturated carbocycles. The molecule has 0 radical (unpaired) electrons. The lowest BCUT2D eigenvalue weighted by Gasteiger charge is -2.15. The Bertz CT molecular complexity index is 923. The highest BCUT2D eigenvalue weighted by molar-refractivity contribution is 6.33. The van der Waals surface area contributed by atoms with Gasteiger partial charge in [-0.05, 0) is 32.0 Å². The smallest absolute Gasteiger partial charge is 0.416 e. The maximum absolute atomic E-state index is 14.3. The van der Waals surface area contributed by atoms with Crippen molar-refractivity contribution in [3.05, 3.63) is 61.7 Å². The molecule has 0 amide bonds. The molecular weight excluding hydrogens is 401 g/mol. The summed E-state index contributed by atoms with van der Waals surface area (Å²) >= 11 is 11.6. The highest BCUT2D eigenvalue weighted by atomic mass is 35.5. The van der Waals surface area contributed by atoms with Crippen molar-refractivity contribution in [1.82, 2.24) is 4.57 Å². The summed E-state index contributed by atoms with van der Waals surface area (Å²) in [7, 11) is 0. The molecule has 0 unspecified atom stereocenters. The van der Waals surface area contributed by atoms with Crippen LogP contribution in [-0.4, -0.2) is 16.6 Å². The summed E-state index contributed by atoms with van der Waals surface area (Å²) in [6, 6.07) is 2.38. The maximum atomic E-state index is 14.3. The third kappa shape index (κ3) is 4.19. The zero-order valence-corrected chi connectivity index (χ0v) is 14.8. The van der Waals surface area contributed by atoms with E-state index in [4.69, 9.17) is 27.9 Å². The van der Waals surface area contributed by atoms with Crippen LogP contribution in [-0.2, 0) is 10.9 Å². The van der Waals surface area contributed by atoms with Crippen molar-refractivity contribution >= 4 is 29.2 Å². The number of aromatic nitrogens is 1. The molecule has 0 aliphatic heterocycles. The van der Waals surface area contributed by atoms with E-state index < -0.39 is 46.0 Å². The van der Waals surface area contributed by atoms with Crippen LogP contribution < -0.4 is 5.56 Å². The maximum Gasteiger partial charge on any atom is 0.416 e. The summed E-state index contributed by atoms with van der Waals surface area (Å²) in [5, 5.41) is -0.970. The minimum absolute atomic E-state index is 0.264. The molecule has 0 bridgehead atoms. The van der Waals surface area contributed by atoms with Gasteiger partial charge >= 0.3 is 12.1 Å². The van der Waals surface area contributed by atoms with E-state index in [1.807, 2.05) is 0 Å². The van der Waals surface area contributed by atoms with Gasteiger partial charge in [-0.25, -0.2) is 9.18 Å². The lowest BCUT2D eigenvalue weighted by atomic mass is 10.1. The summed E-state index contributed by atoms with van der Waals surface area (Å²) in [6.45, 7) is 3.15. The zero-order valence-electron chi connectivity index (χ0n) is 13.3. The first-order valence-electron chi connectivity index (χ1n) is 7.12. The second-order valence-corrected chi connectivity index (χ2v) is 6.27. The molecule has 2 aromatic rings. The SMILES string of the molecule is CC(C)OC(=O)c1cc(-n2c(Cl)cc(C(F)(F)F)cc2=O)c(F)cc1Cl. The Kier molecular flexibility index (Phi) is 5.67. The molecule has 0 N–H and O–H groups in total. The molecule has 1 aromatic heterocycles. The lowest BCUT2D eigenvalue weighted by molar-refractivity contribution is -0.137. The van der Waals surface area contributed by atoms with E-state index in [-0.39, 0.29) is 16.7 Å². The summed E-state index contributed by atoms with van der Waals surface area (Å²) in [5.41, 5.74) is -3.31. The monoisotopic (exact) mass is 411 g/mol. The fourth-order valence-electron chi connectivity index (χ4n) is 2.08. The van der Waals surface area contributed by atoms with Gasteiger partial charge in [0.2, 0.25) is 0 Å². The van der Waals surface area contributed by atoms with Crippen molar-refractivity contribution in [2.45, 2.75) is 26.1 Å². The van der Waals surface area contributed by atoms with Crippen molar-refractivity contribution in [1.29, 1.82) is 0 Å². The van der Waals surface area contributed by atoms with Gasteiger partial charge in [0, 0.05) is 6.07 Å². The fourth-order valence-corrected chi connectivity index (χ4v) is 2.60. The van der Waals surface area contributed by atoms with Gasteiger partial charge in [-0.15, -0.1) is 0 Å². The summed E-state index contributed by atoms with van der Waals surface area (Å²) in [4.78, 5) is 24.1. The molecule has 26 heavy (non-hydrogen) atoms. The second-order valence-electron chi connectivity index (χ2n) is 5.48. The number of alkyl halides is 3. The number of nitrogens with zero attached hydrogens (tertiary/aromatic N) is 1. The quantitative estimate of drug-likeness (QED) is 0.411. The number of carbonyl (C=O) groups is 1. The number of halogens is 6. The van der Waals surface area contributed by atoms with Gasteiger partial charge in [0.15, 0.2) is 0 Å². The summed E-state index contributed by atoms with van der Waals surface area (Å²) in [6.07, 6.45) is -5.29. The van der Waals surface area contributed by atoms with E-state index in [1.165, 1.54) is 0 Å². The molecule has 0 fully saturated rings. The number of esters is 1. The molecule has 140 valence electrons. The van der Waals surface area contributed by atoms with E-state index in [2.05, 4.69) is 0 Å². The summed E-state index contributed by atoms with van der Waals surface area (Å²) in [5.74, 6) is -1.94. The van der Waals surface area contributed by atoms with Crippen molar-refractivity contribution in [3.8, 4) is 5.69 Å². The zero-order chi connectivity index (χ0) is 19.8. The van der Waals surface area contributed by atoms with E-state index in [9.17, 15) is 27.2 Å². The Morgan fingerprint density at radius 1 is 1.15 bits per heavy atom. The number of hydrogen-bond acceptors (Lipinski definition) is 3. The van der Waals surface area contributed by atoms with Gasteiger partial charge in [-0.1, -0.05) is 23.2 Å². The minimum atomic E-state index is -4.80. The van der Waals surface area contributed by atoms with Crippen molar-refractivity contribution < 1.29 is 27.1 Å². The second kappa shape index (κ2) is 7.28. The number of ether oxygens (including phenoxy) is 1. The van der Waals surface area contributed by atoms with E-state index in [0.717, 1.165) is 12.1 Å². The van der Waals surface area contributed by atoms with Crippen molar-refractivity contribution in [2.24, 2.45) is 0 Å². The first-order valence-corrected chi connectivity index (χ1v) is 7.87. The Morgan fingerprint density at radius 2 is 1.77 bits per heavy atom. The van der Waals surface area contributed by atoms with Crippen LogP contribution in [0.2, 0.25) is 10.2 Å². The van der Waals surface area contributed by atoms with Gasteiger partial charge in [-0.3, -0.25) is 9.36 Å². The van der Waals surface area contributed by atoms with Crippen LogP contribution in [0, 0.1) is 5.82 Å². The molecule has 0 aliphatic rings. The lowest BCUT2D eigenvalue weighted by Crippen LogP contribution is -2.23. The Labute approximate surface area is 154 Å². The van der Waals surface area contributed by atoms with E-state index in [1.54, 1.807) is 13.8 Å². The first-order chi connectivity index (χ1) is 11.9. The van der Waals surface area contributed by atoms with Gasteiger partial charge in [0.1, 0.15) is 11.0 Å². The third-order valence-electron chi connectivity index (χ3n) is 3.15. The molecule has 1 aromatic carbocycles. The minimum Gasteiger partial charge on any atom is -0.459 e. The summed E-state index contributed by atoms with van der Waals surface area (Å²) < 4.78 is 57.9. The predicted octanol–water partition coefficient (Wildman–Crippen LogP) is 4.87. The Hall–Kier alpha value is -2.06. The van der Waals surface area contributed by atoms with Crippen LogP contribution in [0.5, 0.6) is 0 Å². The van der Waals surface area contributed by atoms with Crippen LogP contribution >= 0.6 is 23.2 Å². The van der Waals surface area contributed by atoms with Crippen molar-refractivity contribution in [2.75, 3.05) is 0 Å². The predicted molar refractivity (Wildman–Crippen MR) is 87.6 cm³/mol. The standard InChI is InChI=1S/C16H11Cl2F4NO3/c1-7(2)26-15(25)9-5-12(11(19)6-10(9)17)23-13(18)3-8(4-14(23)24)16(20,21)22/h3-7H,1-2H3. The number of rotatable bonds is 3. The molecule has 0 aliphatic carbocycles. The average Bonchev–Trinajstić information content (AvgIpc) is 2.46. The van der Waals surface area contributed by atoms with Crippen LogP contribution in [0.25, 0.3) is 5.69 Å². The van der Waals surface area contributed by atoms with Crippen molar-refractivity contribution in [3.63, 3.8) is 0 Å². The Balaban J connectivity index is 2.66. The number of hydrogen-bond donors (Lipinski definition) is 0. The van der Waals surface area contributed by atoms with Crippen LogP contribution in [0.3, 0.4) is 0 Å². The molecule has 4 nitrogen and oxygen atoms in total. The average molecular weight is 412 g/mol. The molecular formula is C16H11Cl2F4NO3. The first kappa shape index (κ1) is 20.3. The van der Waals surface area contributed by atoms with Crippen LogP contribution in [0.1, 0.15) is 29.8 Å². The van der Waals surface area contributed by atoms with E-state index >= 15 is 0 Å². The molecule has 0 spiro atoms. The van der Waals surface area contributed by atoms with Gasteiger partial charge in [0.25, 0.3) is 5.56 Å². The molecule has 10 heteroatoms. The topological polar surface area (TPSA) is 48.3 Å². The van der Waals surface area contributed by atoms with Gasteiger partial charge in [-0.2, -0.15) is 13.2 Å². The van der Waals surface area contributed by atoms with Gasteiger partial charge < -0.3 is 4.74 Å². The normalized spacial score (nSPS) is 11.7. The molecule has 0 saturated heterocycles. The third-order valence-corrected chi connectivity index (χ3v) is 3.75. The Morgan fingerprint density at radius 3 is 2.27 bits per heavy atom. The molecule has 0 atom stereocenters. The number of benzene rings is 1. The van der Waals surface area contributed by atoms with Crippen LogP contribution in [0.15, 0.2) is 29.1 Å². The molecule has 1 heterocycles. The van der Waals surface area contributed by atoms with E-state index in [0.29, 0.717) is 10.6 Å². The largest absolute Gasteiger partial charge is 0.459 e. The highest BCUT2D eigenvalue weighted by Crippen LogP contribution is 2.31. The molecule has 2 rings (SSSR count). The van der Waals surface area contributed by atoms with Crippen LogP contribution in [0.4, 0.5) is 17.6 Å². The number of pyridine rings is 1. The fraction of sp³-hybridized carbons (Fsp3) is 0.250.